The standard InChI is InChI=1S/C36H33BN2O5/c1-22-19-28-34(36(42)39(35(28)41)25-9-3-2-4-10-25)29-21-37(43)44-32(33(22)29)17-15-24(30-13-7-8-18-38-30)20-23-14-16-31(40)27-12-6-5-11-26(23)27/h2-14,16,18,20,28-29,32,34,40,43H,15,17,19,21H2,1H3/b24-20-/t28-,29+,32-,34-/m1/s1. The van der Waals surface area contributed by atoms with Crippen molar-refractivity contribution in [3.8, 4) is 5.75 Å². The van der Waals surface area contributed by atoms with E-state index in [9.17, 15) is 19.7 Å². The van der Waals surface area contributed by atoms with Gasteiger partial charge in [0.25, 0.3) is 0 Å². The van der Waals surface area contributed by atoms with Crippen LogP contribution in [-0.4, -0.2) is 40.2 Å². The maximum atomic E-state index is 13.8. The van der Waals surface area contributed by atoms with Crippen LogP contribution in [0.3, 0.4) is 0 Å². The van der Waals surface area contributed by atoms with E-state index in [-0.39, 0.29) is 29.8 Å². The molecule has 2 aliphatic heterocycles. The number of amides is 2. The molecule has 0 bridgehead atoms. The zero-order valence-electron chi connectivity index (χ0n) is 24.5. The summed E-state index contributed by atoms with van der Waals surface area (Å²) in [6.45, 7) is 2.04. The summed E-state index contributed by atoms with van der Waals surface area (Å²) >= 11 is 0. The monoisotopic (exact) mass is 584 g/mol. The van der Waals surface area contributed by atoms with Crippen LogP contribution in [0.5, 0.6) is 5.75 Å². The third-order valence-corrected chi connectivity index (χ3v) is 9.40. The number of imide groups is 1. The second-order valence-corrected chi connectivity index (χ2v) is 12.0. The lowest BCUT2D eigenvalue weighted by Gasteiger charge is -2.42. The van der Waals surface area contributed by atoms with Crippen LogP contribution in [0.25, 0.3) is 22.4 Å². The lowest BCUT2D eigenvalue weighted by Crippen LogP contribution is -2.46. The summed E-state index contributed by atoms with van der Waals surface area (Å²) in [4.78, 5) is 33.4. The number of aromatic nitrogens is 1. The Morgan fingerprint density at radius 1 is 0.955 bits per heavy atom. The Kier molecular flexibility index (Phi) is 7.40. The fourth-order valence-electron chi connectivity index (χ4n) is 7.49. The Morgan fingerprint density at radius 2 is 1.70 bits per heavy atom. The fourth-order valence-corrected chi connectivity index (χ4v) is 7.49. The van der Waals surface area contributed by atoms with E-state index in [0.29, 0.717) is 24.9 Å². The summed E-state index contributed by atoms with van der Waals surface area (Å²) < 4.78 is 6.18. The maximum Gasteiger partial charge on any atom is 0.455 e. The first-order valence-electron chi connectivity index (χ1n) is 15.2. The van der Waals surface area contributed by atoms with Crippen LogP contribution >= 0.6 is 0 Å². The number of rotatable bonds is 6. The Balaban J connectivity index is 1.21. The number of benzene rings is 3. The summed E-state index contributed by atoms with van der Waals surface area (Å²) in [5.41, 5.74) is 5.50. The topological polar surface area (TPSA) is 100.0 Å². The van der Waals surface area contributed by atoms with E-state index in [4.69, 9.17) is 4.65 Å². The molecule has 7 nitrogen and oxygen atoms in total. The first-order chi connectivity index (χ1) is 21.4. The summed E-state index contributed by atoms with van der Waals surface area (Å²) in [5.74, 6) is -1.34. The molecule has 3 heterocycles. The van der Waals surface area contributed by atoms with E-state index < -0.39 is 25.1 Å². The number of phenols is 1. The number of pyridine rings is 1. The quantitative estimate of drug-likeness (QED) is 0.157. The van der Waals surface area contributed by atoms with Gasteiger partial charge in [0.05, 0.1) is 29.3 Å². The maximum absolute atomic E-state index is 13.8. The van der Waals surface area contributed by atoms with Crippen molar-refractivity contribution in [2.75, 3.05) is 4.90 Å². The highest BCUT2D eigenvalue weighted by atomic mass is 16.5. The lowest BCUT2D eigenvalue weighted by atomic mass is 9.58. The SMILES string of the molecule is CC1=C2[C@@H](CC/C(=C/c3ccc(O)c4ccccc34)c3ccccn3)OB(O)C[C@@H]2[C@@H]2C(=O)N(c3ccccc3)C(=O)[C@@H]2C1. The molecule has 2 N–H and O–H groups in total. The van der Waals surface area contributed by atoms with Crippen molar-refractivity contribution in [1.82, 2.24) is 4.98 Å². The first-order valence-corrected chi connectivity index (χ1v) is 15.2. The van der Waals surface area contributed by atoms with Gasteiger partial charge < -0.3 is 14.8 Å². The second kappa shape index (κ2) is 11.5. The van der Waals surface area contributed by atoms with E-state index in [2.05, 4.69) is 11.1 Å². The molecule has 220 valence electrons. The van der Waals surface area contributed by atoms with Gasteiger partial charge in [-0.25, -0.2) is 0 Å². The number of aromatic hydroxyl groups is 1. The van der Waals surface area contributed by atoms with Gasteiger partial charge in [0, 0.05) is 11.6 Å². The molecule has 1 aromatic heterocycles. The second-order valence-electron chi connectivity index (χ2n) is 12.0. The molecule has 4 atom stereocenters. The van der Waals surface area contributed by atoms with Gasteiger partial charge in [-0.2, -0.15) is 0 Å². The highest BCUT2D eigenvalue weighted by Gasteiger charge is 2.57. The largest absolute Gasteiger partial charge is 0.507 e. The number of carbonyl (C=O) groups is 2. The molecule has 8 heteroatoms. The molecule has 0 radical (unpaired) electrons. The fraction of sp³-hybridized carbons (Fsp3) is 0.250. The molecule has 2 amide bonds. The number of carbonyl (C=O) groups excluding carboxylic acids is 2. The van der Waals surface area contributed by atoms with Crippen LogP contribution < -0.4 is 4.90 Å². The Morgan fingerprint density at radius 3 is 2.48 bits per heavy atom. The van der Waals surface area contributed by atoms with Crippen molar-refractivity contribution in [2.45, 2.75) is 38.6 Å². The molecule has 1 aliphatic carbocycles. The molecule has 2 saturated heterocycles. The van der Waals surface area contributed by atoms with Crippen molar-refractivity contribution in [2.24, 2.45) is 17.8 Å². The van der Waals surface area contributed by atoms with Crippen LogP contribution in [-0.2, 0) is 14.2 Å². The zero-order chi connectivity index (χ0) is 30.4. The molecular formula is C36H33BN2O5. The molecule has 3 aromatic carbocycles. The van der Waals surface area contributed by atoms with Gasteiger partial charge in [0.1, 0.15) is 5.75 Å². The average molecular weight is 584 g/mol. The number of phenolic OH excluding ortho intramolecular Hbond substituents is 1. The molecule has 2 fully saturated rings. The molecular weight excluding hydrogens is 551 g/mol. The smallest absolute Gasteiger partial charge is 0.455 e. The highest BCUT2D eigenvalue weighted by molar-refractivity contribution is 6.43. The third kappa shape index (κ3) is 4.94. The first kappa shape index (κ1) is 28.3. The van der Waals surface area contributed by atoms with E-state index in [0.717, 1.165) is 38.7 Å². The predicted molar refractivity (Wildman–Crippen MR) is 171 cm³/mol. The number of para-hydroxylation sites is 1. The van der Waals surface area contributed by atoms with E-state index in [1.807, 2.05) is 73.7 Å². The molecule has 44 heavy (non-hydrogen) atoms. The van der Waals surface area contributed by atoms with Gasteiger partial charge in [0.2, 0.25) is 11.8 Å². The molecule has 0 spiro atoms. The van der Waals surface area contributed by atoms with E-state index >= 15 is 0 Å². The average Bonchev–Trinajstić information content (AvgIpc) is 3.29. The number of allylic oxidation sites excluding steroid dienone is 2. The number of hydrogen-bond donors (Lipinski definition) is 2. The van der Waals surface area contributed by atoms with Gasteiger partial charge in [-0.1, -0.05) is 60.2 Å². The normalized spacial score (nSPS) is 23.7. The van der Waals surface area contributed by atoms with Crippen LogP contribution in [0, 0.1) is 17.8 Å². The third-order valence-electron chi connectivity index (χ3n) is 9.40. The lowest BCUT2D eigenvalue weighted by molar-refractivity contribution is -0.122. The number of anilines is 1. The zero-order valence-corrected chi connectivity index (χ0v) is 24.5. The highest BCUT2D eigenvalue weighted by Crippen LogP contribution is 2.51. The van der Waals surface area contributed by atoms with Gasteiger partial charge >= 0.3 is 7.12 Å². The van der Waals surface area contributed by atoms with Gasteiger partial charge in [0.15, 0.2) is 0 Å². The number of hydrogen-bond acceptors (Lipinski definition) is 6. The van der Waals surface area contributed by atoms with Crippen molar-refractivity contribution in [3.05, 3.63) is 114 Å². The summed E-state index contributed by atoms with van der Waals surface area (Å²) in [6.07, 6.45) is 5.43. The molecule has 3 aliphatic rings. The van der Waals surface area contributed by atoms with E-state index in [1.165, 1.54) is 4.90 Å². The van der Waals surface area contributed by atoms with Crippen molar-refractivity contribution < 1.29 is 24.4 Å². The van der Waals surface area contributed by atoms with Crippen LogP contribution in [0.4, 0.5) is 5.69 Å². The van der Waals surface area contributed by atoms with Gasteiger partial charge in [-0.15, -0.1) is 0 Å². The Bertz CT molecular complexity index is 1810. The molecule has 0 saturated carbocycles. The summed E-state index contributed by atoms with van der Waals surface area (Å²) in [5, 5.41) is 23.1. The van der Waals surface area contributed by atoms with Crippen molar-refractivity contribution >= 4 is 47.0 Å². The van der Waals surface area contributed by atoms with Gasteiger partial charge in [-0.3, -0.25) is 19.5 Å². The van der Waals surface area contributed by atoms with Crippen molar-refractivity contribution in [1.29, 1.82) is 0 Å². The van der Waals surface area contributed by atoms with Gasteiger partial charge in [-0.05, 0) is 96.9 Å². The minimum absolute atomic E-state index is 0.163. The van der Waals surface area contributed by atoms with E-state index in [1.54, 1.807) is 24.4 Å². The minimum Gasteiger partial charge on any atom is -0.507 e. The number of nitrogens with zero attached hydrogens (tertiary/aromatic N) is 2. The van der Waals surface area contributed by atoms with Crippen LogP contribution in [0.1, 0.15) is 37.4 Å². The van der Waals surface area contributed by atoms with Crippen LogP contribution in [0.15, 0.2) is 102 Å². The Labute approximate surface area is 256 Å². The molecule has 4 aromatic rings. The summed E-state index contributed by atoms with van der Waals surface area (Å²) in [7, 11) is -1.03. The van der Waals surface area contributed by atoms with Crippen LogP contribution in [0.2, 0.25) is 6.32 Å². The summed E-state index contributed by atoms with van der Waals surface area (Å²) in [6, 6.07) is 26.3. The Hall–Kier alpha value is -4.53. The van der Waals surface area contributed by atoms with Crippen molar-refractivity contribution in [3.63, 3.8) is 0 Å². The molecule has 7 rings (SSSR count). The number of fused-ring (bicyclic) bond motifs is 4. The molecule has 0 unspecified atom stereocenters. The minimum atomic E-state index is -1.03. The predicted octanol–water partition coefficient (Wildman–Crippen LogP) is 6.28.